The topological polar surface area (TPSA) is 110 Å². The largest absolute Gasteiger partial charge is 0.476 e. The highest BCUT2D eigenvalue weighted by molar-refractivity contribution is 7.90. The van der Waals surface area contributed by atoms with Crippen molar-refractivity contribution < 1.29 is 18.3 Å². The molecule has 6 nitrogen and oxygen atoms in total. The second-order valence-corrected chi connectivity index (χ2v) is 6.25. The van der Waals surface area contributed by atoms with Gasteiger partial charge in [-0.25, -0.2) is 18.2 Å². The average molecular weight is 292 g/mol. The third kappa shape index (κ3) is 2.77. The number of carbonyl (C=O) groups is 1. The predicted octanol–water partition coefficient (Wildman–Crippen LogP) is 1.43. The first-order chi connectivity index (χ1) is 9.29. The summed E-state index contributed by atoms with van der Waals surface area (Å²) in [6.07, 6.45) is 1.11. The van der Waals surface area contributed by atoms with Gasteiger partial charge in [-0.05, 0) is 29.8 Å². The molecule has 0 unspecified atom stereocenters. The molecule has 0 fully saturated rings. The molecule has 1 aromatic heterocycles. The summed E-state index contributed by atoms with van der Waals surface area (Å²) < 4.78 is 22.8. The molecule has 2 aromatic rings. The van der Waals surface area contributed by atoms with Crippen LogP contribution in [0.3, 0.4) is 0 Å². The van der Waals surface area contributed by atoms with E-state index in [9.17, 15) is 13.2 Å². The molecule has 1 aromatic carbocycles. The molecule has 0 amide bonds. The maximum Gasteiger partial charge on any atom is 0.355 e. The molecule has 3 N–H and O–H groups in total. The third-order valence-electron chi connectivity index (χ3n) is 2.71. The van der Waals surface area contributed by atoms with Crippen LogP contribution in [0.25, 0.3) is 11.1 Å². The van der Waals surface area contributed by atoms with Gasteiger partial charge in [0.05, 0.1) is 4.90 Å². The Bertz CT molecular complexity index is 767. The Morgan fingerprint density at radius 2 is 1.75 bits per heavy atom. The Balaban J connectivity index is 2.55. The number of nitrogen functional groups attached to an aromatic ring is 1. The van der Waals surface area contributed by atoms with E-state index >= 15 is 0 Å². The van der Waals surface area contributed by atoms with Gasteiger partial charge < -0.3 is 10.8 Å². The molecule has 2 rings (SSSR count). The van der Waals surface area contributed by atoms with E-state index in [0.29, 0.717) is 11.1 Å². The van der Waals surface area contributed by atoms with Gasteiger partial charge >= 0.3 is 5.97 Å². The fraction of sp³-hybridized carbons (Fsp3) is 0.0769. The molecule has 104 valence electrons. The summed E-state index contributed by atoms with van der Waals surface area (Å²) in [4.78, 5) is 15.1. The number of sulfone groups is 1. The summed E-state index contributed by atoms with van der Waals surface area (Å²) >= 11 is 0. The van der Waals surface area contributed by atoms with Crippen LogP contribution in [0.5, 0.6) is 0 Å². The Morgan fingerprint density at radius 3 is 2.25 bits per heavy atom. The quantitative estimate of drug-likeness (QED) is 0.885. The molecule has 0 saturated heterocycles. The van der Waals surface area contributed by atoms with Crippen molar-refractivity contribution in [2.75, 3.05) is 12.0 Å². The fourth-order valence-electron chi connectivity index (χ4n) is 1.75. The van der Waals surface area contributed by atoms with Crippen molar-refractivity contribution in [1.82, 2.24) is 4.98 Å². The lowest BCUT2D eigenvalue weighted by atomic mass is 10.0. The number of carboxylic acid groups (broad SMARTS) is 1. The van der Waals surface area contributed by atoms with E-state index in [-0.39, 0.29) is 16.4 Å². The van der Waals surface area contributed by atoms with Crippen molar-refractivity contribution in [3.63, 3.8) is 0 Å². The van der Waals surface area contributed by atoms with Gasteiger partial charge in [0.15, 0.2) is 15.5 Å². The van der Waals surface area contributed by atoms with Crippen LogP contribution < -0.4 is 5.73 Å². The Kier molecular flexibility index (Phi) is 3.46. The summed E-state index contributed by atoms with van der Waals surface area (Å²) in [6, 6.07) is 8.96. The van der Waals surface area contributed by atoms with Gasteiger partial charge in [0.2, 0.25) is 0 Å². The number of pyridine rings is 1. The number of aromatic carboxylic acids is 1. The minimum atomic E-state index is -3.29. The molecule has 0 radical (unpaired) electrons. The van der Waals surface area contributed by atoms with Crippen LogP contribution in [-0.4, -0.2) is 30.7 Å². The minimum Gasteiger partial charge on any atom is -0.476 e. The smallest absolute Gasteiger partial charge is 0.355 e. The van der Waals surface area contributed by atoms with Crippen LogP contribution in [-0.2, 0) is 9.84 Å². The zero-order chi connectivity index (χ0) is 14.9. The van der Waals surface area contributed by atoms with Crippen LogP contribution in [0.4, 0.5) is 5.82 Å². The highest BCUT2D eigenvalue weighted by Gasteiger charge is 2.15. The molecule has 0 bridgehead atoms. The molecule has 7 heteroatoms. The van der Waals surface area contributed by atoms with Crippen LogP contribution in [0.2, 0.25) is 0 Å². The minimum absolute atomic E-state index is 0.110. The van der Waals surface area contributed by atoms with E-state index in [2.05, 4.69) is 4.98 Å². The normalized spacial score (nSPS) is 11.2. The fourth-order valence-corrected chi connectivity index (χ4v) is 2.38. The number of carboxylic acids is 1. The molecular formula is C13H12N2O4S. The van der Waals surface area contributed by atoms with Crippen LogP contribution in [0.1, 0.15) is 10.5 Å². The van der Waals surface area contributed by atoms with Gasteiger partial charge in [-0.2, -0.15) is 0 Å². The van der Waals surface area contributed by atoms with Gasteiger partial charge in [0, 0.05) is 11.8 Å². The summed E-state index contributed by atoms with van der Waals surface area (Å²) in [5.74, 6) is -1.08. The number of anilines is 1. The first-order valence-electron chi connectivity index (χ1n) is 5.59. The van der Waals surface area contributed by atoms with Crippen LogP contribution >= 0.6 is 0 Å². The zero-order valence-electron chi connectivity index (χ0n) is 10.6. The number of hydrogen-bond acceptors (Lipinski definition) is 5. The maximum absolute atomic E-state index is 11.4. The lowest BCUT2D eigenvalue weighted by Gasteiger charge is -2.07. The lowest BCUT2D eigenvalue weighted by molar-refractivity contribution is 0.0691. The van der Waals surface area contributed by atoms with Crippen molar-refractivity contribution in [3.05, 3.63) is 42.1 Å². The van der Waals surface area contributed by atoms with E-state index in [0.717, 1.165) is 6.26 Å². The van der Waals surface area contributed by atoms with Gasteiger partial charge in [0.25, 0.3) is 0 Å². The summed E-state index contributed by atoms with van der Waals surface area (Å²) in [5.41, 5.74) is 6.24. The van der Waals surface area contributed by atoms with Crippen molar-refractivity contribution >= 4 is 21.6 Å². The number of nitrogens with zero attached hydrogens (tertiary/aromatic N) is 1. The number of benzene rings is 1. The molecule has 20 heavy (non-hydrogen) atoms. The highest BCUT2D eigenvalue weighted by Crippen LogP contribution is 2.25. The number of nitrogens with two attached hydrogens (primary N) is 1. The SMILES string of the molecule is CS(=O)(=O)c1ccc(-c2ccc(N)nc2C(=O)O)cc1. The summed E-state index contributed by atoms with van der Waals surface area (Å²) in [6.45, 7) is 0. The maximum atomic E-state index is 11.4. The van der Waals surface area contributed by atoms with Gasteiger partial charge in [-0.1, -0.05) is 12.1 Å². The van der Waals surface area contributed by atoms with E-state index in [4.69, 9.17) is 10.8 Å². The van der Waals surface area contributed by atoms with E-state index in [1.165, 1.54) is 30.3 Å². The molecule has 1 heterocycles. The highest BCUT2D eigenvalue weighted by atomic mass is 32.2. The second kappa shape index (κ2) is 4.93. The van der Waals surface area contributed by atoms with Crippen molar-refractivity contribution in [2.45, 2.75) is 4.90 Å². The lowest BCUT2D eigenvalue weighted by Crippen LogP contribution is -2.05. The summed E-state index contributed by atoms with van der Waals surface area (Å²) in [7, 11) is -3.29. The number of aromatic nitrogens is 1. The Morgan fingerprint density at radius 1 is 1.15 bits per heavy atom. The third-order valence-corrected chi connectivity index (χ3v) is 3.84. The van der Waals surface area contributed by atoms with Gasteiger partial charge in [-0.3, -0.25) is 0 Å². The van der Waals surface area contributed by atoms with E-state index < -0.39 is 15.8 Å². The monoisotopic (exact) mass is 292 g/mol. The Hall–Kier alpha value is -2.41. The van der Waals surface area contributed by atoms with Crippen LogP contribution in [0.15, 0.2) is 41.3 Å². The van der Waals surface area contributed by atoms with Crippen molar-refractivity contribution in [1.29, 1.82) is 0 Å². The Labute approximate surface area is 115 Å². The molecule has 0 aliphatic heterocycles. The predicted molar refractivity (Wildman–Crippen MR) is 74.2 cm³/mol. The van der Waals surface area contributed by atoms with E-state index in [1.54, 1.807) is 6.07 Å². The molecule has 0 spiro atoms. The van der Waals surface area contributed by atoms with Crippen LogP contribution in [0, 0.1) is 0 Å². The second-order valence-electron chi connectivity index (χ2n) is 4.23. The van der Waals surface area contributed by atoms with Gasteiger partial charge in [-0.15, -0.1) is 0 Å². The molecule has 0 aliphatic carbocycles. The number of hydrogen-bond donors (Lipinski definition) is 2. The zero-order valence-corrected chi connectivity index (χ0v) is 11.4. The first-order valence-corrected chi connectivity index (χ1v) is 7.48. The number of rotatable bonds is 3. The van der Waals surface area contributed by atoms with E-state index in [1.807, 2.05) is 0 Å². The van der Waals surface area contributed by atoms with Crippen molar-refractivity contribution in [2.24, 2.45) is 0 Å². The molecular weight excluding hydrogens is 280 g/mol. The molecule has 0 aliphatic rings. The first kappa shape index (κ1) is 14.0. The standard InChI is InChI=1S/C13H12N2O4S/c1-20(18,19)9-4-2-8(3-5-9)10-6-7-11(14)15-12(10)13(16)17/h2-7H,1H3,(H2,14,15)(H,16,17). The summed E-state index contributed by atoms with van der Waals surface area (Å²) in [5, 5.41) is 9.12. The molecule has 0 saturated carbocycles. The average Bonchev–Trinajstić information content (AvgIpc) is 2.37. The van der Waals surface area contributed by atoms with Crippen molar-refractivity contribution in [3.8, 4) is 11.1 Å². The van der Waals surface area contributed by atoms with Gasteiger partial charge in [0.1, 0.15) is 5.82 Å². The molecule has 0 atom stereocenters.